The van der Waals surface area contributed by atoms with Gasteiger partial charge in [0.2, 0.25) is 0 Å². The summed E-state index contributed by atoms with van der Waals surface area (Å²) in [5, 5.41) is 7.28. The van der Waals surface area contributed by atoms with Crippen LogP contribution in [0.25, 0.3) is 11.1 Å². The van der Waals surface area contributed by atoms with E-state index in [1.165, 1.54) is 0 Å². The minimum atomic E-state index is -0.276. The molecule has 1 heterocycles. The molecule has 3 aromatic rings. The second-order valence-electron chi connectivity index (χ2n) is 4.89. The summed E-state index contributed by atoms with van der Waals surface area (Å²) in [6, 6.07) is 17.0. The van der Waals surface area contributed by atoms with Gasteiger partial charge in [0.25, 0.3) is 5.91 Å². The van der Waals surface area contributed by atoms with Crippen molar-refractivity contribution in [1.82, 2.24) is 9.78 Å². The zero-order valence-electron chi connectivity index (χ0n) is 12.0. The Hall–Kier alpha value is -2.59. The number of carbonyl (C=O) groups is 1. The summed E-state index contributed by atoms with van der Waals surface area (Å²) in [6.45, 7) is 0. The van der Waals surface area contributed by atoms with E-state index in [2.05, 4.69) is 10.4 Å². The maximum absolute atomic E-state index is 12.4. The quantitative estimate of drug-likeness (QED) is 0.795. The lowest BCUT2D eigenvalue weighted by Crippen LogP contribution is -2.13. The zero-order chi connectivity index (χ0) is 15.5. The van der Waals surface area contributed by atoms with Crippen LogP contribution in [0.15, 0.2) is 60.8 Å². The predicted molar refractivity (Wildman–Crippen MR) is 88.0 cm³/mol. The number of nitrogens with zero attached hydrogens (tertiary/aromatic N) is 2. The Bertz CT molecular complexity index is 812. The normalized spacial score (nSPS) is 10.5. The molecule has 0 bridgehead atoms. The van der Waals surface area contributed by atoms with Gasteiger partial charge in [0.15, 0.2) is 5.82 Å². The predicted octanol–water partition coefficient (Wildman–Crippen LogP) is 3.99. The van der Waals surface area contributed by atoms with E-state index < -0.39 is 0 Å². The van der Waals surface area contributed by atoms with Crippen molar-refractivity contribution in [1.29, 1.82) is 0 Å². The fourth-order valence-corrected chi connectivity index (χ4v) is 2.38. The summed E-state index contributed by atoms with van der Waals surface area (Å²) in [5.74, 6) is 0.218. The van der Waals surface area contributed by atoms with Crippen molar-refractivity contribution in [2.75, 3.05) is 5.32 Å². The molecule has 3 rings (SSSR count). The van der Waals surface area contributed by atoms with Crippen LogP contribution in [-0.4, -0.2) is 15.7 Å². The smallest absolute Gasteiger partial charge is 0.258 e. The van der Waals surface area contributed by atoms with E-state index in [9.17, 15) is 4.79 Å². The van der Waals surface area contributed by atoms with Gasteiger partial charge in [-0.25, -0.2) is 0 Å². The first-order chi connectivity index (χ1) is 10.6. The van der Waals surface area contributed by atoms with Crippen LogP contribution in [0.4, 0.5) is 5.82 Å². The number of anilines is 1. The number of carbonyl (C=O) groups excluding carboxylic acids is 1. The second-order valence-corrected chi connectivity index (χ2v) is 5.30. The molecule has 0 atom stereocenters. The van der Waals surface area contributed by atoms with Crippen LogP contribution in [0.1, 0.15) is 10.4 Å². The number of hydrogen-bond acceptors (Lipinski definition) is 2. The highest BCUT2D eigenvalue weighted by Crippen LogP contribution is 2.25. The van der Waals surface area contributed by atoms with Crippen molar-refractivity contribution < 1.29 is 4.79 Å². The molecule has 0 radical (unpaired) electrons. The topological polar surface area (TPSA) is 46.9 Å². The number of nitrogens with one attached hydrogen (secondary N) is 1. The van der Waals surface area contributed by atoms with Crippen molar-refractivity contribution in [3.63, 3.8) is 0 Å². The third-order valence-electron chi connectivity index (χ3n) is 3.27. The maximum Gasteiger partial charge on any atom is 0.258 e. The summed E-state index contributed by atoms with van der Waals surface area (Å²) in [7, 11) is 1.79. The molecule has 0 saturated heterocycles. The molecule has 1 N–H and O–H groups in total. The molecule has 1 amide bonds. The van der Waals surface area contributed by atoms with Gasteiger partial charge >= 0.3 is 0 Å². The molecule has 0 spiro atoms. The van der Waals surface area contributed by atoms with Crippen molar-refractivity contribution in [2.24, 2.45) is 7.05 Å². The van der Waals surface area contributed by atoms with E-state index >= 15 is 0 Å². The highest BCUT2D eigenvalue weighted by atomic mass is 35.5. The lowest BCUT2D eigenvalue weighted by Gasteiger charge is -2.08. The Morgan fingerprint density at radius 1 is 1.09 bits per heavy atom. The first kappa shape index (κ1) is 14.4. The molecule has 0 unspecified atom stereocenters. The van der Waals surface area contributed by atoms with Gasteiger partial charge in [-0.1, -0.05) is 48.0 Å². The van der Waals surface area contributed by atoms with Gasteiger partial charge in [-0.05, 0) is 23.3 Å². The van der Waals surface area contributed by atoms with E-state index in [0.717, 1.165) is 11.1 Å². The average molecular weight is 312 g/mol. The molecule has 110 valence electrons. The molecule has 0 aliphatic rings. The van der Waals surface area contributed by atoms with Gasteiger partial charge in [-0.2, -0.15) is 5.10 Å². The van der Waals surface area contributed by atoms with Gasteiger partial charge in [0.1, 0.15) is 0 Å². The standard InChI is InChI=1S/C17H14ClN3O/c1-21-10-9-16(20-21)19-17(22)14-11-13(7-8-15(14)18)12-5-3-2-4-6-12/h2-11H,1H3,(H,19,20,22). The summed E-state index contributed by atoms with van der Waals surface area (Å²) < 4.78 is 1.62. The van der Waals surface area contributed by atoms with Gasteiger partial charge in [0, 0.05) is 19.3 Å². The highest BCUT2D eigenvalue weighted by molar-refractivity contribution is 6.34. The summed E-state index contributed by atoms with van der Waals surface area (Å²) in [4.78, 5) is 12.4. The maximum atomic E-state index is 12.4. The molecule has 0 saturated carbocycles. The fraction of sp³-hybridized carbons (Fsp3) is 0.0588. The molecule has 4 nitrogen and oxygen atoms in total. The van der Waals surface area contributed by atoms with Crippen LogP contribution in [0, 0.1) is 0 Å². The van der Waals surface area contributed by atoms with Gasteiger partial charge in [-0.15, -0.1) is 0 Å². The van der Waals surface area contributed by atoms with E-state index in [1.54, 1.807) is 36.1 Å². The highest BCUT2D eigenvalue weighted by Gasteiger charge is 2.13. The first-order valence-corrected chi connectivity index (χ1v) is 7.17. The molecular weight excluding hydrogens is 298 g/mol. The lowest BCUT2D eigenvalue weighted by molar-refractivity contribution is 0.102. The van der Waals surface area contributed by atoms with E-state index in [4.69, 9.17) is 11.6 Å². The summed E-state index contributed by atoms with van der Waals surface area (Å²) >= 11 is 6.16. The molecular formula is C17H14ClN3O. The van der Waals surface area contributed by atoms with Crippen LogP contribution in [-0.2, 0) is 7.05 Å². The van der Waals surface area contributed by atoms with Crippen LogP contribution >= 0.6 is 11.6 Å². The Balaban J connectivity index is 1.91. The SMILES string of the molecule is Cn1ccc(NC(=O)c2cc(-c3ccccc3)ccc2Cl)n1. The molecule has 0 fully saturated rings. The fourth-order valence-electron chi connectivity index (χ4n) is 2.17. The van der Waals surface area contributed by atoms with Gasteiger partial charge in [0.05, 0.1) is 10.6 Å². The Kier molecular flexibility index (Phi) is 3.94. The molecule has 22 heavy (non-hydrogen) atoms. The molecule has 2 aromatic carbocycles. The minimum Gasteiger partial charge on any atom is -0.305 e. The number of aromatic nitrogens is 2. The van der Waals surface area contributed by atoms with Crippen molar-refractivity contribution >= 4 is 23.3 Å². The van der Waals surface area contributed by atoms with Crippen LogP contribution in [0.3, 0.4) is 0 Å². The number of aryl methyl sites for hydroxylation is 1. The van der Waals surface area contributed by atoms with Crippen molar-refractivity contribution in [2.45, 2.75) is 0 Å². The Morgan fingerprint density at radius 3 is 2.55 bits per heavy atom. The van der Waals surface area contributed by atoms with Gasteiger partial charge < -0.3 is 5.32 Å². The monoisotopic (exact) mass is 311 g/mol. The number of halogens is 1. The van der Waals surface area contributed by atoms with E-state index in [0.29, 0.717) is 16.4 Å². The Labute approximate surface area is 133 Å². The number of amides is 1. The number of benzene rings is 2. The van der Waals surface area contributed by atoms with Crippen molar-refractivity contribution in [3.05, 3.63) is 71.4 Å². The second kappa shape index (κ2) is 6.03. The van der Waals surface area contributed by atoms with E-state index in [1.807, 2.05) is 36.4 Å². The minimum absolute atomic E-state index is 0.276. The molecule has 0 aliphatic heterocycles. The lowest BCUT2D eigenvalue weighted by atomic mass is 10.0. The Morgan fingerprint density at radius 2 is 1.86 bits per heavy atom. The summed E-state index contributed by atoms with van der Waals surface area (Å²) in [6.07, 6.45) is 1.76. The van der Waals surface area contributed by atoms with Crippen LogP contribution in [0.2, 0.25) is 5.02 Å². The average Bonchev–Trinajstić information content (AvgIpc) is 2.93. The first-order valence-electron chi connectivity index (χ1n) is 6.79. The summed E-state index contributed by atoms with van der Waals surface area (Å²) in [5.41, 5.74) is 2.40. The largest absolute Gasteiger partial charge is 0.305 e. The third kappa shape index (κ3) is 3.02. The molecule has 1 aromatic heterocycles. The van der Waals surface area contributed by atoms with Crippen LogP contribution < -0.4 is 5.32 Å². The zero-order valence-corrected chi connectivity index (χ0v) is 12.7. The molecule has 5 heteroatoms. The molecule has 0 aliphatic carbocycles. The third-order valence-corrected chi connectivity index (χ3v) is 3.60. The van der Waals surface area contributed by atoms with E-state index in [-0.39, 0.29) is 5.91 Å². The van der Waals surface area contributed by atoms with Crippen molar-refractivity contribution in [3.8, 4) is 11.1 Å². The number of hydrogen-bond donors (Lipinski definition) is 1. The van der Waals surface area contributed by atoms with Crippen LogP contribution in [0.5, 0.6) is 0 Å². The van der Waals surface area contributed by atoms with Gasteiger partial charge in [-0.3, -0.25) is 9.48 Å². The number of rotatable bonds is 3.